The molecule has 0 aliphatic heterocycles. The summed E-state index contributed by atoms with van der Waals surface area (Å²) in [5.41, 5.74) is 6.60. The Morgan fingerprint density at radius 3 is 1.65 bits per heavy atom. The second-order valence-corrected chi connectivity index (χ2v) is 6.15. The van der Waals surface area contributed by atoms with E-state index in [0.29, 0.717) is 5.88 Å². The van der Waals surface area contributed by atoms with Crippen LogP contribution in [0.25, 0.3) is 33.9 Å². The number of rotatable bonds is 4. The van der Waals surface area contributed by atoms with Gasteiger partial charge in [0.15, 0.2) is 0 Å². The first kappa shape index (κ1) is 16.4. The van der Waals surface area contributed by atoms with E-state index in [0.717, 1.165) is 39.5 Å². The zero-order chi connectivity index (χ0) is 17.8. The lowest BCUT2D eigenvalue weighted by atomic mass is 10.0. The Hall–Kier alpha value is -3.04. The molecule has 1 aromatic carbocycles. The summed E-state index contributed by atoms with van der Waals surface area (Å²) < 4.78 is 0. The Labute approximate surface area is 157 Å². The van der Waals surface area contributed by atoms with Gasteiger partial charge in [0.25, 0.3) is 0 Å². The molecule has 3 heterocycles. The lowest BCUT2D eigenvalue weighted by molar-refractivity contribution is 1.22. The van der Waals surface area contributed by atoms with E-state index in [1.807, 2.05) is 48.5 Å². The van der Waals surface area contributed by atoms with E-state index in [1.165, 1.54) is 0 Å². The first-order chi connectivity index (χ1) is 12.8. The minimum Gasteiger partial charge on any atom is -0.255 e. The zero-order valence-corrected chi connectivity index (χ0v) is 14.8. The van der Waals surface area contributed by atoms with Crippen LogP contribution in [0.3, 0.4) is 0 Å². The van der Waals surface area contributed by atoms with Crippen LogP contribution < -0.4 is 0 Å². The molecule has 4 aromatic rings. The first-order valence-corrected chi connectivity index (χ1v) is 8.87. The van der Waals surface area contributed by atoms with Crippen LogP contribution in [-0.4, -0.2) is 15.0 Å². The number of benzene rings is 1. The van der Waals surface area contributed by atoms with Crippen LogP contribution in [0.2, 0.25) is 0 Å². The van der Waals surface area contributed by atoms with Crippen LogP contribution in [-0.2, 0) is 5.88 Å². The van der Waals surface area contributed by atoms with Crippen LogP contribution >= 0.6 is 11.6 Å². The second-order valence-electron chi connectivity index (χ2n) is 5.89. The molecule has 0 saturated heterocycles. The molecule has 0 atom stereocenters. The molecule has 0 bridgehead atoms. The lowest BCUT2D eigenvalue weighted by Gasteiger charge is -2.09. The van der Waals surface area contributed by atoms with E-state index in [2.05, 4.69) is 34.2 Å². The van der Waals surface area contributed by atoms with Gasteiger partial charge in [0.1, 0.15) is 0 Å². The van der Waals surface area contributed by atoms with Gasteiger partial charge >= 0.3 is 0 Å². The monoisotopic (exact) mass is 357 g/mol. The maximum Gasteiger partial charge on any atom is 0.0900 e. The highest BCUT2D eigenvalue weighted by molar-refractivity contribution is 6.17. The van der Waals surface area contributed by atoms with Gasteiger partial charge in [0.2, 0.25) is 0 Å². The zero-order valence-electron chi connectivity index (χ0n) is 14.0. The fraction of sp³-hybridized carbons (Fsp3) is 0.0455. The molecule has 4 heteroatoms. The molecule has 3 nitrogen and oxygen atoms in total. The minimum absolute atomic E-state index is 0.509. The third-order valence-electron chi connectivity index (χ3n) is 4.12. The van der Waals surface area contributed by atoms with Gasteiger partial charge < -0.3 is 0 Å². The highest BCUT2D eigenvalue weighted by Crippen LogP contribution is 2.29. The van der Waals surface area contributed by atoms with Gasteiger partial charge in [-0.3, -0.25) is 9.97 Å². The second kappa shape index (κ2) is 7.46. The largest absolute Gasteiger partial charge is 0.255 e. The highest BCUT2D eigenvalue weighted by atomic mass is 35.5. The van der Waals surface area contributed by atoms with Crippen molar-refractivity contribution >= 4 is 11.6 Å². The molecule has 0 saturated carbocycles. The van der Waals surface area contributed by atoms with Gasteiger partial charge in [0.05, 0.1) is 22.8 Å². The van der Waals surface area contributed by atoms with Gasteiger partial charge in [-0.2, -0.15) is 0 Å². The standard InChI is InChI=1S/C22H16ClN3/c23-15-16-7-9-17(10-8-16)18-13-21(19-5-1-3-11-24-19)26-22(14-18)20-6-2-4-12-25-20/h1-14H,15H2. The van der Waals surface area contributed by atoms with E-state index < -0.39 is 0 Å². The number of nitrogens with zero attached hydrogens (tertiary/aromatic N) is 3. The van der Waals surface area contributed by atoms with Crippen molar-refractivity contribution in [3.8, 4) is 33.9 Å². The molecule has 0 aliphatic carbocycles. The summed E-state index contributed by atoms with van der Waals surface area (Å²) >= 11 is 5.91. The van der Waals surface area contributed by atoms with Gasteiger partial charge in [-0.15, -0.1) is 11.6 Å². The van der Waals surface area contributed by atoms with Crippen LogP contribution in [0.5, 0.6) is 0 Å². The van der Waals surface area contributed by atoms with Crippen molar-refractivity contribution < 1.29 is 0 Å². The molecule has 0 spiro atoms. The Morgan fingerprint density at radius 1 is 0.615 bits per heavy atom. The van der Waals surface area contributed by atoms with Crippen LogP contribution in [0.15, 0.2) is 85.2 Å². The maximum absolute atomic E-state index is 5.91. The third kappa shape index (κ3) is 3.48. The predicted molar refractivity (Wildman–Crippen MR) is 106 cm³/mol. The van der Waals surface area contributed by atoms with Crippen molar-refractivity contribution in [2.75, 3.05) is 0 Å². The summed E-state index contributed by atoms with van der Waals surface area (Å²) in [6.07, 6.45) is 3.55. The normalized spacial score (nSPS) is 10.7. The third-order valence-corrected chi connectivity index (χ3v) is 4.43. The number of halogens is 1. The van der Waals surface area contributed by atoms with Crippen molar-refractivity contribution in [2.24, 2.45) is 0 Å². The molecule has 0 amide bonds. The van der Waals surface area contributed by atoms with E-state index in [9.17, 15) is 0 Å². The predicted octanol–water partition coefficient (Wildman–Crippen LogP) is 5.61. The van der Waals surface area contributed by atoms with Gasteiger partial charge in [0, 0.05) is 18.3 Å². The summed E-state index contributed by atoms with van der Waals surface area (Å²) in [5, 5.41) is 0. The average molecular weight is 358 g/mol. The van der Waals surface area contributed by atoms with Crippen LogP contribution in [0.1, 0.15) is 5.56 Å². The molecular weight excluding hydrogens is 342 g/mol. The summed E-state index contributed by atoms with van der Waals surface area (Å²) in [7, 11) is 0. The minimum atomic E-state index is 0.509. The Balaban J connectivity index is 1.87. The Morgan fingerprint density at radius 2 is 1.19 bits per heavy atom. The average Bonchev–Trinajstić information content (AvgIpc) is 2.75. The van der Waals surface area contributed by atoms with E-state index in [4.69, 9.17) is 16.6 Å². The van der Waals surface area contributed by atoms with Crippen LogP contribution in [0.4, 0.5) is 0 Å². The van der Waals surface area contributed by atoms with E-state index >= 15 is 0 Å². The molecule has 0 N–H and O–H groups in total. The molecule has 26 heavy (non-hydrogen) atoms. The van der Waals surface area contributed by atoms with E-state index in [1.54, 1.807) is 12.4 Å². The van der Waals surface area contributed by atoms with Crippen molar-refractivity contribution in [2.45, 2.75) is 5.88 Å². The lowest BCUT2D eigenvalue weighted by Crippen LogP contribution is -1.94. The fourth-order valence-electron chi connectivity index (χ4n) is 2.77. The number of alkyl halides is 1. The summed E-state index contributed by atoms with van der Waals surface area (Å²) in [6, 6.07) is 24.0. The molecule has 0 aliphatic rings. The first-order valence-electron chi connectivity index (χ1n) is 8.34. The molecule has 0 radical (unpaired) electrons. The van der Waals surface area contributed by atoms with Crippen LogP contribution in [0, 0.1) is 0 Å². The Bertz CT molecular complexity index is 943. The summed E-state index contributed by atoms with van der Waals surface area (Å²) in [4.78, 5) is 13.7. The number of aromatic nitrogens is 3. The highest BCUT2D eigenvalue weighted by Gasteiger charge is 2.10. The molecule has 4 rings (SSSR count). The number of hydrogen-bond acceptors (Lipinski definition) is 3. The quantitative estimate of drug-likeness (QED) is 0.445. The van der Waals surface area contributed by atoms with Gasteiger partial charge in [-0.1, -0.05) is 36.4 Å². The molecule has 0 unspecified atom stereocenters. The molecule has 0 fully saturated rings. The molecule has 126 valence electrons. The molecule has 3 aromatic heterocycles. The smallest absolute Gasteiger partial charge is 0.0900 e. The fourth-order valence-corrected chi connectivity index (χ4v) is 2.95. The SMILES string of the molecule is ClCc1ccc(-c2cc(-c3ccccn3)nc(-c3ccccn3)c2)cc1. The van der Waals surface area contributed by atoms with Gasteiger partial charge in [-0.25, -0.2) is 4.98 Å². The van der Waals surface area contributed by atoms with Crippen molar-refractivity contribution in [1.29, 1.82) is 0 Å². The van der Waals surface area contributed by atoms with Crippen molar-refractivity contribution in [3.63, 3.8) is 0 Å². The topological polar surface area (TPSA) is 38.7 Å². The van der Waals surface area contributed by atoms with Crippen molar-refractivity contribution in [3.05, 3.63) is 90.8 Å². The number of pyridine rings is 3. The van der Waals surface area contributed by atoms with Crippen molar-refractivity contribution in [1.82, 2.24) is 15.0 Å². The Kier molecular flexibility index (Phi) is 4.71. The number of hydrogen-bond donors (Lipinski definition) is 0. The summed E-state index contributed by atoms with van der Waals surface area (Å²) in [6.45, 7) is 0. The molecular formula is C22H16ClN3. The maximum atomic E-state index is 5.91. The van der Waals surface area contributed by atoms with Gasteiger partial charge in [-0.05, 0) is 53.1 Å². The summed E-state index contributed by atoms with van der Waals surface area (Å²) in [5.74, 6) is 0.509. The van der Waals surface area contributed by atoms with E-state index in [-0.39, 0.29) is 0 Å².